The van der Waals surface area contributed by atoms with E-state index in [9.17, 15) is 9.59 Å². The number of carbonyl (C=O) groups excluding carboxylic acids is 1. The second-order valence-electron chi connectivity index (χ2n) is 4.70. The van der Waals surface area contributed by atoms with Crippen LogP contribution in [0.3, 0.4) is 0 Å². The molecule has 0 bridgehead atoms. The minimum atomic E-state index is -0.732. The number of hydrogen-bond acceptors (Lipinski definition) is 4. The number of carbonyl (C=O) groups is 2. The van der Waals surface area contributed by atoms with E-state index in [1.54, 1.807) is 0 Å². The van der Waals surface area contributed by atoms with Crippen LogP contribution >= 0.6 is 0 Å². The highest BCUT2D eigenvalue weighted by molar-refractivity contribution is 5.77. The standard InChI is InChI=1S/C13H23NO5/c1-2-18-7-8-19-9-12(15)14-11-5-3-10(4-6-11)13(16)17/h10-11H,2-9H2,1H3,(H,14,15)(H,16,17). The van der Waals surface area contributed by atoms with Gasteiger partial charge < -0.3 is 19.9 Å². The fourth-order valence-corrected chi connectivity index (χ4v) is 2.18. The van der Waals surface area contributed by atoms with E-state index < -0.39 is 5.97 Å². The SMILES string of the molecule is CCOCCOCC(=O)NC1CCC(C(=O)O)CC1. The van der Waals surface area contributed by atoms with Crippen LogP contribution in [-0.2, 0) is 19.1 Å². The van der Waals surface area contributed by atoms with Gasteiger partial charge in [0, 0.05) is 12.6 Å². The van der Waals surface area contributed by atoms with Gasteiger partial charge in [-0.1, -0.05) is 0 Å². The molecule has 0 saturated heterocycles. The van der Waals surface area contributed by atoms with E-state index in [4.69, 9.17) is 14.6 Å². The largest absolute Gasteiger partial charge is 0.481 e. The lowest BCUT2D eigenvalue weighted by Gasteiger charge is -2.26. The maximum absolute atomic E-state index is 11.6. The molecule has 19 heavy (non-hydrogen) atoms. The zero-order chi connectivity index (χ0) is 14.1. The molecule has 1 aliphatic rings. The summed E-state index contributed by atoms with van der Waals surface area (Å²) in [6.07, 6.45) is 2.71. The predicted molar refractivity (Wildman–Crippen MR) is 68.8 cm³/mol. The van der Waals surface area contributed by atoms with Crippen molar-refractivity contribution in [1.82, 2.24) is 5.32 Å². The van der Waals surface area contributed by atoms with Gasteiger partial charge in [0.2, 0.25) is 5.91 Å². The second-order valence-corrected chi connectivity index (χ2v) is 4.70. The lowest BCUT2D eigenvalue weighted by molar-refractivity contribution is -0.142. The Labute approximate surface area is 113 Å². The smallest absolute Gasteiger partial charge is 0.306 e. The van der Waals surface area contributed by atoms with Gasteiger partial charge in [0.1, 0.15) is 6.61 Å². The number of nitrogens with one attached hydrogen (secondary N) is 1. The molecule has 6 heteroatoms. The monoisotopic (exact) mass is 273 g/mol. The zero-order valence-corrected chi connectivity index (χ0v) is 11.4. The van der Waals surface area contributed by atoms with Crippen molar-refractivity contribution in [2.75, 3.05) is 26.4 Å². The van der Waals surface area contributed by atoms with Crippen LogP contribution in [0.5, 0.6) is 0 Å². The molecule has 0 aliphatic heterocycles. The Hall–Kier alpha value is -1.14. The molecule has 2 N–H and O–H groups in total. The number of carboxylic acid groups (broad SMARTS) is 1. The molecule has 1 aliphatic carbocycles. The van der Waals surface area contributed by atoms with E-state index in [-0.39, 0.29) is 24.5 Å². The number of ether oxygens (including phenoxy) is 2. The highest BCUT2D eigenvalue weighted by Gasteiger charge is 2.26. The molecule has 1 fully saturated rings. The van der Waals surface area contributed by atoms with Crippen LogP contribution in [0.2, 0.25) is 0 Å². The van der Waals surface area contributed by atoms with Gasteiger partial charge in [-0.15, -0.1) is 0 Å². The summed E-state index contributed by atoms with van der Waals surface area (Å²) in [5.41, 5.74) is 0. The molecule has 0 spiro atoms. The quantitative estimate of drug-likeness (QED) is 0.639. The van der Waals surface area contributed by atoms with Gasteiger partial charge in [0.25, 0.3) is 0 Å². The van der Waals surface area contributed by atoms with Gasteiger partial charge in [-0.05, 0) is 32.6 Å². The lowest BCUT2D eigenvalue weighted by Crippen LogP contribution is -2.40. The topological polar surface area (TPSA) is 84.9 Å². The van der Waals surface area contributed by atoms with Crippen molar-refractivity contribution < 1.29 is 24.2 Å². The van der Waals surface area contributed by atoms with Crippen LogP contribution in [0.4, 0.5) is 0 Å². The summed E-state index contributed by atoms with van der Waals surface area (Å²) in [7, 11) is 0. The molecule has 6 nitrogen and oxygen atoms in total. The third-order valence-electron chi connectivity index (χ3n) is 3.25. The highest BCUT2D eigenvalue weighted by Crippen LogP contribution is 2.24. The molecule has 0 heterocycles. The first-order valence-corrected chi connectivity index (χ1v) is 6.81. The first-order valence-electron chi connectivity index (χ1n) is 6.81. The van der Waals surface area contributed by atoms with Gasteiger partial charge in [0.05, 0.1) is 19.1 Å². The minimum Gasteiger partial charge on any atom is -0.481 e. The van der Waals surface area contributed by atoms with Gasteiger partial charge in [-0.2, -0.15) is 0 Å². The Morgan fingerprint density at radius 1 is 1.16 bits per heavy atom. The molecule has 0 radical (unpaired) electrons. The van der Waals surface area contributed by atoms with E-state index in [1.165, 1.54) is 0 Å². The Balaban J connectivity index is 2.08. The van der Waals surface area contributed by atoms with E-state index >= 15 is 0 Å². The number of hydrogen-bond donors (Lipinski definition) is 2. The molecule has 0 aromatic carbocycles. The zero-order valence-electron chi connectivity index (χ0n) is 11.4. The molecular formula is C13H23NO5. The van der Waals surface area contributed by atoms with Crippen molar-refractivity contribution in [1.29, 1.82) is 0 Å². The molecule has 1 rings (SSSR count). The average molecular weight is 273 g/mol. The van der Waals surface area contributed by atoms with Crippen LogP contribution in [0.1, 0.15) is 32.6 Å². The molecule has 110 valence electrons. The van der Waals surface area contributed by atoms with Crippen molar-refractivity contribution in [3.05, 3.63) is 0 Å². The molecule has 1 amide bonds. The molecule has 0 aromatic rings. The van der Waals surface area contributed by atoms with Gasteiger partial charge in [-0.3, -0.25) is 9.59 Å². The van der Waals surface area contributed by atoms with Crippen molar-refractivity contribution in [3.8, 4) is 0 Å². The Bertz CT molecular complexity index is 287. The van der Waals surface area contributed by atoms with Crippen molar-refractivity contribution in [2.24, 2.45) is 5.92 Å². The number of rotatable bonds is 8. The van der Waals surface area contributed by atoms with Crippen LogP contribution < -0.4 is 5.32 Å². The Morgan fingerprint density at radius 3 is 2.37 bits per heavy atom. The van der Waals surface area contributed by atoms with Crippen LogP contribution in [0.15, 0.2) is 0 Å². The first-order chi connectivity index (χ1) is 9.13. The van der Waals surface area contributed by atoms with Crippen LogP contribution in [0.25, 0.3) is 0 Å². The minimum absolute atomic E-state index is 0.0337. The normalized spacial score (nSPS) is 23.0. The third kappa shape index (κ3) is 6.54. The summed E-state index contributed by atoms with van der Waals surface area (Å²) in [5, 5.41) is 11.7. The molecule has 0 atom stereocenters. The third-order valence-corrected chi connectivity index (χ3v) is 3.25. The van der Waals surface area contributed by atoms with E-state index in [0.717, 1.165) is 12.8 Å². The Morgan fingerprint density at radius 2 is 1.79 bits per heavy atom. The van der Waals surface area contributed by atoms with E-state index in [0.29, 0.717) is 32.7 Å². The highest BCUT2D eigenvalue weighted by atomic mass is 16.5. The predicted octanol–water partition coefficient (Wildman–Crippen LogP) is 0.799. The Kier molecular flexibility index (Phi) is 7.43. The van der Waals surface area contributed by atoms with E-state index in [2.05, 4.69) is 5.32 Å². The van der Waals surface area contributed by atoms with Gasteiger partial charge in [0.15, 0.2) is 0 Å². The summed E-state index contributed by atoms with van der Waals surface area (Å²) < 4.78 is 10.3. The summed E-state index contributed by atoms with van der Waals surface area (Å²) >= 11 is 0. The average Bonchev–Trinajstić information content (AvgIpc) is 2.39. The molecule has 1 saturated carbocycles. The van der Waals surface area contributed by atoms with Gasteiger partial charge in [-0.25, -0.2) is 0 Å². The summed E-state index contributed by atoms with van der Waals surface area (Å²) in [5.74, 6) is -1.13. The number of amides is 1. The van der Waals surface area contributed by atoms with Crippen molar-refractivity contribution in [3.63, 3.8) is 0 Å². The van der Waals surface area contributed by atoms with Crippen LogP contribution in [-0.4, -0.2) is 49.5 Å². The summed E-state index contributed by atoms with van der Waals surface area (Å²) in [6, 6.07) is 0.0820. The van der Waals surface area contributed by atoms with Gasteiger partial charge >= 0.3 is 5.97 Å². The van der Waals surface area contributed by atoms with Crippen molar-refractivity contribution in [2.45, 2.75) is 38.6 Å². The second kappa shape index (κ2) is 8.87. The summed E-state index contributed by atoms with van der Waals surface area (Å²) in [6.45, 7) is 3.48. The fourth-order valence-electron chi connectivity index (χ4n) is 2.18. The fraction of sp³-hybridized carbons (Fsp3) is 0.846. The summed E-state index contributed by atoms with van der Waals surface area (Å²) in [4.78, 5) is 22.4. The molecular weight excluding hydrogens is 250 g/mol. The van der Waals surface area contributed by atoms with E-state index in [1.807, 2.05) is 6.92 Å². The molecule has 0 unspecified atom stereocenters. The lowest BCUT2D eigenvalue weighted by atomic mass is 9.86. The maximum Gasteiger partial charge on any atom is 0.306 e. The number of carboxylic acids is 1. The maximum atomic E-state index is 11.6. The number of aliphatic carboxylic acids is 1. The van der Waals surface area contributed by atoms with Crippen LogP contribution in [0, 0.1) is 5.92 Å². The van der Waals surface area contributed by atoms with Crippen molar-refractivity contribution >= 4 is 11.9 Å². The first kappa shape index (κ1) is 15.9. The molecule has 0 aromatic heterocycles.